The van der Waals surface area contributed by atoms with Crippen LogP contribution in [0.5, 0.6) is 17.2 Å². The van der Waals surface area contributed by atoms with Crippen LogP contribution in [0.3, 0.4) is 0 Å². The van der Waals surface area contributed by atoms with Gasteiger partial charge < -0.3 is 44.5 Å². The largest absolute Gasteiger partial charge is 0.507 e. The van der Waals surface area contributed by atoms with E-state index in [1.54, 1.807) is 28.5 Å². The lowest BCUT2D eigenvalue weighted by molar-refractivity contribution is -0.261. The Hall–Kier alpha value is -2.73. The smallest absolute Gasteiger partial charge is 0.202 e. The van der Waals surface area contributed by atoms with Crippen LogP contribution in [-0.4, -0.2) is 129 Å². The van der Waals surface area contributed by atoms with Gasteiger partial charge in [0.05, 0.1) is 54.8 Å². The number of hydrogen-bond acceptors (Lipinski definition) is 15. The van der Waals surface area contributed by atoms with Gasteiger partial charge in [-0.3, -0.25) is 19.3 Å². The van der Waals surface area contributed by atoms with Gasteiger partial charge in [0.2, 0.25) is 5.78 Å². The van der Waals surface area contributed by atoms with Crippen LogP contribution in [0, 0.1) is 0 Å². The molecule has 0 saturated carbocycles. The number of hydrogen-bond donors (Lipinski definition) is 5. The van der Waals surface area contributed by atoms with Crippen molar-refractivity contribution >= 4 is 38.9 Å². The lowest BCUT2D eigenvalue weighted by atomic mass is 9.72. The first-order chi connectivity index (χ1) is 22.9. The number of methoxy groups -OCH3 is 1. The molecule has 2 heterocycles. The molecule has 2 aliphatic heterocycles. The molecule has 5 N–H and O–H groups in total. The fourth-order valence-corrected chi connectivity index (χ4v) is 8.70. The van der Waals surface area contributed by atoms with Gasteiger partial charge in [0.15, 0.2) is 17.9 Å². The number of nitrogens with zero attached hydrogens (tertiary/aromatic N) is 1. The lowest BCUT2D eigenvalue weighted by Crippen LogP contribution is -2.59. The number of aliphatic hydroxyl groups excluding tert-OH is 2. The van der Waals surface area contributed by atoms with Crippen molar-refractivity contribution in [2.24, 2.45) is 0 Å². The van der Waals surface area contributed by atoms with Gasteiger partial charge in [-0.15, -0.1) is 0 Å². The van der Waals surface area contributed by atoms with Crippen LogP contribution in [-0.2, 0) is 25.4 Å². The van der Waals surface area contributed by atoms with E-state index in [1.807, 2.05) is 6.26 Å². The summed E-state index contributed by atoms with van der Waals surface area (Å²) in [4.78, 5) is 42.7. The topological polar surface area (TPSA) is 193 Å². The van der Waals surface area contributed by atoms with Gasteiger partial charge in [-0.05, 0) is 19.2 Å². The number of benzene rings is 2. The zero-order chi connectivity index (χ0) is 34.5. The van der Waals surface area contributed by atoms with Crippen molar-refractivity contribution in [3.63, 3.8) is 0 Å². The monoisotopic (exact) mass is 705 g/mol. The molecule has 2 aliphatic carbocycles. The van der Waals surface area contributed by atoms with Crippen LogP contribution in [0.2, 0.25) is 0 Å². The maximum Gasteiger partial charge on any atom is 0.202 e. The first-order valence-corrected chi connectivity index (χ1v) is 18.4. The molecule has 0 aromatic heterocycles. The molecule has 2 aromatic rings. The van der Waals surface area contributed by atoms with Crippen LogP contribution in [0.1, 0.15) is 68.8 Å². The van der Waals surface area contributed by atoms with Crippen molar-refractivity contribution in [2.75, 3.05) is 45.4 Å². The van der Waals surface area contributed by atoms with Crippen molar-refractivity contribution in [3.8, 4) is 17.2 Å². The first kappa shape index (κ1) is 35.1. The van der Waals surface area contributed by atoms with Crippen molar-refractivity contribution in [1.82, 2.24) is 4.90 Å². The Morgan fingerprint density at radius 2 is 1.90 bits per heavy atom. The molecular formula is C33H39NO12S2. The van der Waals surface area contributed by atoms with Crippen LogP contribution in [0.4, 0.5) is 0 Å². The number of Topliss-reactive ketones (excluding diaryl/α,β-unsaturated/α-hetero) is 1. The Labute approximate surface area is 284 Å². The minimum atomic E-state index is -2.25. The van der Waals surface area contributed by atoms with Crippen LogP contribution in [0.15, 0.2) is 18.2 Å². The van der Waals surface area contributed by atoms with Gasteiger partial charge in [-0.2, -0.15) is 0 Å². The summed E-state index contributed by atoms with van der Waals surface area (Å²) in [5, 5.41) is 55.8. The Morgan fingerprint density at radius 3 is 2.60 bits per heavy atom. The maximum atomic E-state index is 13.9. The summed E-state index contributed by atoms with van der Waals surface area (Å²) in [7, 11) is 4.67. The van der Waals surface area contributed by atoms with E-state index in [-0.39, 0.29) is 40.5 Å². The fourth-order valence-electron chi connectivity index (χ4n) is 7.34. The van der Waals surface area contributed by atoms with Crippen LogP contribution in [0.25, 0.3) is 0 Å². The van der Waals surface area contributed by atoms with Gasteiger partial charge in [0, 0.05) is 60.8 Å². The minimum absolute atomic E-state index is 0.0410. The van der Waals surface area contributed by atoms with E-state index in [9.17, 15) is 39.9 Å². The second-order valence-electron chi connectivity index (χ2n) is 12.5. The number of morpholine rings is 1. The van der Waals surface area contributed by atoms with Crippen LogP contribution < -0.4 is 4.74 Å². The molecule has 0 bridgehead atoms. The molecule has 2 saturated heterocycles. The highest BCUT2D eigenvalue weighted by molar-refractivity contribution is 8.76. The number of fused-ring (bicyclic) bond motifs is 3. The summed E-state index contributed by atoms with van der Waals surface area (Å²) >= 11 is 0. The summed E-state index contributed by atoms with van der Waals surface area (Å²) in [6.45, 7) is 2.31. The number of phenolic OH excluding ortho intramolecular Hbond substituents is 2. The summed E-state index contributed by atoms with van der Waals surface area (Å²) in [6.07, 6.45) is -2.81. The second-order valence-corrected chi connectivity index (χ2v) is 15.1. The van der Waals surface area contributed by atoms with Gasteiger partial charge in [-0.25, -0.2) is 0 Å². The highest BCUT2D eigenvalue weighted by Crippen LogP contribution is 2.52. The maximum absolute atomic E-state index is 13.9. The molecule has 0 radical (unpaired) electrons. The number of aromatic hydroxyl groups is 2. The van der Waals surface area contributed by atoms with E-state index in [1.165, 1.54) is 25.3 Å². The molecular weight excluding hydrogens is 666 g/mol. The second kappa shape index (κ2) is 13.9. The van der Waals surface area contributed by atoms with E-state index < -0.39 is 95.7 Å². The normalized spacial score (nSPS) is 30.4. The Morgan fingerprint density at radius 1 is 1.15 bits per heavy atom. The van der Waals surface area contributed by atoms with Gasteiger partial charge in [0.1, 0.15) is 29.5 Å². The zero-order valence-corrected chi connectivity index (χ0v) is 28.3. The predicted molar refractivity (Wildman–Crippen MR) is 175 cm³/mol. The molecule has 2 fully saturated rings. The molecule has 2 aromatic carbocycles. The Kier molecular flexibility index (Phi) is 10.2. The van der Waals surface area contributed by atoms with Gasteiger partial charge >= 0.3 is 0 Å². The standard InChI is InChI=1S/C33H39NO12S2/c1-15-28(37)19(34-7-8-44-16(12-34)14-48-47-3)9-23(45-15)46-21-11-33(42,22(36)13-35)10-18-25(21)32(41)27-26(30(18)39)29(38)17-5-4-6-20(43-2)24(17)31(27)40/h4-6,15-16,19,21,23,28,35,37,39,41-42H,7-14H2,1-3H3/t15-,16?,19-,21-,23-,28+,33-/m0/s1. The van der Waals surface area contributed by atoms with Crippen molar-refractivity contribution < 1.29 is 58.9 Å². The first-order valence-electron chi connectivity index (χ1n) is 15.7. The lowest BCUT2D eigenvalue weighted by Gasteiger charge is -2.47. The van der Waals surface area contributed by atoms with Crippen molar-refractivity contribution in [3.05, 3.63) is 51.6 Å². The Bertz CT molecular complexity index is 1620. The molecule has 0 amide bonds. The van der Waals surface area contributed by atoms with E-state index >= 15 is 0 Å². The molecule has 4 aliphatic rings. The molecule has 48 heavy (non-hydrogen) atoms. The van der Waals surface area contributed by atoms with Crippen LogP contribution >= 0.6 is 21.6 Å². The number of phenols is 2. The summed E-state index contributed by atoms with van der Waals surface area (Å²) in [6, 6.07) is 4.02. The summed E-state index contributed by atoms with van der Waals surface area (Å²) in [5.41, 5.74) is -3.54. The quantitative estimate of drug-likeness (QED) is 0.160. The third-order valence-electron chi connectivity index (χ3n) is 9.74. The minimum Gasteiger partial charge on any atom is -0.507 e. The van der Waals surface area contributed by atoms with E-state index in [0.717, 1.165) is 5.75 Å². The number of ether oxygens (including phenoxy) is 4. The SMILES string of the molecule is COc1cccc2c1C(=O)c1c(O)c3c(c(O)c1C2=O)C[C@@](O)(C(=O)CO)C[C@@H]3O[C@H]1C[C@H](N2CCOC(CSSC)C2)[C@H](O)[C@H](C)O1. The van der Waals surface area contributed by atoms with Gasteiger partial charge in [-0.1, -0.05) is 33.7 Å². The van der Waals surface area contributed by atoms with E-state index in [0.29, 0.717) is 19.7 Å². The average Bonchev–Trinajstić information content (AvgIpc) is 3.08. The highest BCUT2D eigenvalue weighted by atomic mass is 33.1. The number of carbonyl (C=O) groups is 3. The number of carbonyl (C=O) groups excluding carboxylic acids is 3. The van der Waals surface area contributed by atoms with Gasteiger partial charge in [0.25, 0.3) is 0 Å². The highest BCUT2D eigenvalue weighted by Gasteiger charge is 2.50. The number of rotatable bonds is 9. The molecule has 6 rings (SSSR count). The molecule has 1 unspecified atom stereocenters. The molecule has 0 spiro atoms. The fraction of sp³-hybridized carbons (Fsp3) is 0.545. The summed E-state index contributed by atoms with van der Waals surface area (Å²) < 4.78 is 23.7. The van der Waals surface area contributed by atoms with Crippen molar-refractivity contribution in [1.29, 1.82) is 0 Å². The third kappa shape index (κ3) is 6.03. The molecule has 7 atom stereocenters. The molecule has 15 heteroatoms. The predicted octanol–water partition coefficient (Wildman–Crippen LogP) is 1.75. The molecule has 260 valence electrons. The average molecular weight is 706 g/mol. The number of ketones is 3. The summed E-state index contributed by atoms with van der Waals surface area (Å²) in [5.74, 6) is -2.91. The molecule has 13 nitrogen and oxygen atoms in total. The Balaban J connectivity index is 1.39. The third-order valence-corrected chi connectivity index (χ3v) is 11.6. The number of aliphatic hydroxyl groups is 3. The van der Waals surface area contributed by atoms with E-state index in [4.69, 9.17) is 18.9 Å². The van der Waals surface area contributed by atoms with Crippen molar-refractivity contribution in [2.45, 2.75) is 68.5 Å². The van der Waals surface area contributed by atoms with E-state index in [2.05, 4.69) is 4.90 Å². The zero-order valence-electron chi connectivity index (χ0n) is 26.7.